The predicted molar refractivity (Wildman–Crippen MR) is 58.5 cm³/mol. The summed E-state index contributed by atoms with van der Waals surface area (Å²) >= 11 is 0. The lowest BCUT2D eigenvalue weighted by Crippen LogP contribution is -2.38. The standard InChI is InChI=1S/C12H13N3O/c13-9-10-4-7-15(8-5-10)12(16)11-3-1-2-6-14-11/h1-3,6,10H,4-5,7-8H2. The van der Waals surface area contributed by atoms with Crippen molar-refractivity contribution in [1.82, 2.24) is 9.88 Å². The number of nitriles is 1. The van der Waals surface area contributed by atoms with Gasteiger partial charge in [0.1, 0.15) is 5.69 Å². The minimum Gasteiger partial charge on any atom is -0.337 e. The fourth-order valence-electron chi connectivity index (χ4n) is 1.86. The second-order valence-electron chi connectivity index (χ2n) is 3.91. The third-order valence-corrected chi connectivity index (χ3v) is 2.85. The summed E-state index contributed by atoms with van der Waals surface area (Å²) in [7, 11) is 0. The summed E-state index contributed by atoms with van der Waals surface area (Å²) in [5.74, 6) is 0.0739. The maximum atomic E-state index is 12.0. The molecule has 0 atom stereocenters. The monoisotopic (exact) mass is 215 g/mol. The SMILES string of the molecule is N#CC1CCN(C(=O)c2ccccn2)CC1. The van der Waals surface area contributed by atoms with Gasteiger partial charge in [-0.05, 0) is 25.0 Å². The van der Waals surface area contributed by atoms with Crippen molar-refractivity contribution in [2.45, 2.75) is 12.8 Å². The Kier molecular flexibility index (Phi) is 3.16. The normalized spacial score (nSPS) is 16.8. The molecule has 0 saturated carbocycles. The topological polar surface area (TPSA) is 57.0 Å². The Labute approximate surface area is 94.5 Å². The van der Waals surface area contributed by atoms with E-state index in [0.717, 1.165) is 12.8 Å². The fraction of sp³-hybridized carbons (Fsp3) is 0.417. The molecule has 0 N–H and O–H groups in total. The van der Waals surface area contributed by atoms with Gasteiger partial charge in [-0.1, -0.05) is 6.07 Å². The lowest BCUT2D eigenvalue weighted by molar-refractivity contribution is 0.0701. The van der Waals surface area contributed by atoms with E-state index in [2.05, 4.69) is 11.1 Å². The number of hydrogen-bond acceptors (Lipinski definition) is 3. The number of likely N-dealkylation sites (tertiary alicyclic amines) is 1. The number of rotatable bonds is 1. The molecule has 1 aliphatic rings. The van der Waals surface area contributed by atoms with E-state index in [1.54, 1.807) is 23.2 Å². The highest BCUT2D eigenvalue weighted by Crippen LogP contribution is 2.17. The number of hydrogen-bond donors (Lipinski definition) is 0. The highest BCUT2D eigenvalue weighted by atomic mass is 16.2. The van der Waals surface area contributed by atoms with Gasteiger partial charge in [-0.25, -0.2) is 0 Å². The van der Waals surface area contributed by atoms with Crippen LogP contribution in [0.4, 0.5) is 0 Å². The molecular formula is C12H13N3O. The predicted octanol–water partition coefficient (Wildman–Crippen LogP) is 1.46. The summed E-state index contributed by atoms with van der Waals surface area (Å²) in [6.07, 6.45) is 3.17. The first kappa shape index (κ1) is 10.6. The van der Waals surface area contributed by atoms with Crippen molar-refractivity contribution in [3.63, 3.8) is 0 Å². The molecule has 0 spiro atoms. The van der Waals surface area contributed by atoms with Crippen LogP contribution >= 0.6 is 0 Å². The molecule has 2 rings (SSSR count). The van der Waals surface area contributed by atoms with E-state index in [0.29, 0.717) is 18.8 Å². The maximum Gasteiger partial charge on any atom is 0.272 e. The average Bonchev–Trinajstić information content (AvgIpc) is 2.39. The molecule has 82 valence electrons. The molecule has 16 heavy (non-hydrogen) atoms. The van der Waals surface area contributed by atoms with Crippen molar-refractivity contribution >= 4 is 5.91 Å². The molecule has 0 unspecified atom stereocenters. The van der Waals surface area contributed by atoms with Crippen LogP contribution in [0.5, 0.6) is 0 Å². The van der Waals surface area contributed by atoms with Gasteiger partial charge in [-0.15, -0.1) is 0 Å². The van der Waals surface area contributed by atoms with E-state index < -0.39 is 0 Å². The summed E-state index contributed by atoms with van der Waals surface area (Å²) in [5.41, 5.74) is 0.484. The quantitative estimate of drug-likeness (QED) is 0.712. The maximum absolute atomic E-state index is 12.0. The largest absolute Gasteiger partial charge is 0.337 e. The Hall–Kier alpha value is -1.89. The Morgan fingerprint density at radius 3 is 2.75 bits per heavy atom. The molecule has 2 heterocycles. The summed E-state index contributed by atoms with van der Waals surface area (Å²) in [6, 6.07) is 7.57. The Balaban J connectivity index is 2.00. The van der Waals surface area contributed by atoms with Crippen molar-refractivity contribution in [3.05, 3.63) is 30.1 Å². The molecule has 0 aliphatic carbocycles. The first-order chi connectivity index (χ1) is 7.81. The number of nitrogens with zero attached hydrogens (tertiary/aromatic N) is 3. The molecule has 4 heteroatoms. The van der Waals surface area contributed by atoms with Gasteiger partial charge in [0.05, 0.1) is 6.07 Å². The second kappa shape index (κ2) is 4.75. The summed E-state index contributed by atoms with van der Waals surface area (Å²) in [4.78, 5) is 17.8. The van der Waals surface area contributed by atoms with Gasteiger partial charge in [-0.3, -0.25) is 9.78 Å². The van der Waals surface area contributed by atoms with E-state index >= 15 is 0 Å². The Morgan fingerprint density at radius 1 is 1.44 bits per heavy atom. The zero-order valence-corrected chi connectivity index (χ0v) is 8.97. The molecule has 0 radical (unpaired) electrons. The van der Waals surface area contributed by atoms with Crippen LogP contribution in [0.2, 0.25) is 0 Å². The number of carbonyl (C=O) groups is 1. The van der Waals surface area contributed by atoms with Crippen LogP contribution in [0.15, 0.2) is 24.4 Å². The van der Waals surface area contributed by atoms with E-state index in [-0.39, 0.29) is 11.8 Å². The number of amides is 1. The van der Waals surface area contributed by atoms with Crippen molar-refractivity contribution in [1.29, 1.82) is 5.26 Å². The van der Waals surface area contributed by atoms with Crippen LogP contribution in [0, 0.1) is 17.2 Å². The molecule has 4 nitrogen and oxygen atoms in total. The van der Waals surface area contributed by atoms with Gasteiger partial charge >= 0.3 is 0 Å². The van der Waals surface area contributed by atoms with Crippen LogP contribution in [0.1, 0.15) is 23.3 Å². The van der Waals surface area contributed by atoms with E-state index in [9.17, 15) is 4.79 Å². The summed E-state index contributed by atoms with van der Waals surface area (Å²) in [5, 5.41) is 8.77. The van der Waals surface area contributed by atoms with Gasteiger partial charge in [0.25, 0.3) is 5.91 Å². The molecule has 1 fully saturated rings. The third-order valence-electron chi connectivity index (χ3n) is 2.85. The van der Waals surface area contributed by atoms with Crippen molar-refractivity contribution in [3.8, 4) is 6.07 Å². The third kappa shape index (κ3) is 2.19. The summed E-state index contributed by atoms with van der Waals surface area (Å²) in [6.45, 7) is 1.32. The van der Waals surface area contributed by atoms with Gasteiger partial charge in [-0.2, -0.15) is 5.26 Å². The molecule has 0 aromatic carbocycles. The van der Waals surface area contributed by atoms with Gasteiger partial charge < -0.3 is 4.90 Å². The van der Waals surface area contributed by atoms with E-state index in [1.807, 2.05) is 6.07 Å². The van der Waals surface area contributed by atoms with Gasteiger partial charge in [0.2, 0.25) is 0 Å². The van der Waals surface area contributed by atoms with Crippen molar-refractivity contribution in [2.75, 3.05) is 13.1 Å². The smallest absolute Gasteiger partial charge is 0.272 e. The number of aromatic nitrogens is 1. The molecule has 1 aromatic rings. The van der Waals surface area contributed by atoms with E-state index in [1.165, 1.54) is 0 Å². The fourth-order valence-corrected chi connectivity index (χ4v) is 1.86. The first-order valence-electron chi connectivity index (χ1n) is 5.41. The van der Waals surface area contributed by atoms with E-state index in [4.69, 9.17) is 5.26 Å². The van der Waals surface area contributed by atoms with Crippen LogP contribution in [-0.4, -0.2) is 28.9 Å². The Morgan fingerprint density at radius 2 is 2.19 bits per heavy atom. The lowest BCUT2D eigenvalue weighted by Gasteiger charge is -2.28. The van der Waals surface area contributed by atoms with Crippen LogP contribution in [-0.2, 0) is 0 Å². The highest BCUT2D eigenvalue weighted by Gasteiger charge is 2.23. The minimum absolute atomic E-state index is 0.0306. The van der Waals surface area contributed by atoms with Crippen LogP contribution < -0.4 is 0 Å². The molecule has 0 bridgehead atoms. The molecular weight excluding hydrogens is 202 g/mol. The van der Waals surface area contributed by atoms with Gasteiger partial charge in [0.15, 0.2) is 0 Å². The second-order valence-corrected chi connectivity index (χ2v) is 3.91. The number of pyridine rings is 1. The van der Waals surface area contributed by atoms with Crippen LogP contribution in [0.3, 0.4) is 0 Å². The zero-order chi connectivity index (χ0) is 11.4. The summed E-state index contributed by atoms with van der Waals surface area (Å²) < 4.78 is 0. The van der Waals surface area contributed by atoms with Crippen molar-refractivity contribution in [2.24, 2.45) is 5.92 Å². The molecule has 1 saturated heterocycles. The number of piperidine rings is 1. The lowest BCUT2D eigenvalue weighted by atomic mass is 9.98. The highest BCUT2D eigenvalue weighted by molar-refractivity contribution is 5.92. The number of carbonyl (C=O) groups excluding carboxylic acids is 1. The molecule has 1 aliphatic heterocycles. The first-order valence-corrected chi connectivity index (χ1v) is 5.41. The Bertz CT molecular complexity index is 402. The van der Waals surface area contributed by atoms with Crippen LogP contribution in [0.25, 0.3) is 0 Å². The van der Waals surface area contributed by atoms with Gasteiger partial charge in [0, 0.05) is 25.2 Å². The minimum atomic E-state index is -0.0306. The van der Waals surface area contributed by atoms with Crippen molar-refractivity contribution < 1.29 is 4.79 Å². The average molecular weight is 215 g/mol. The molecule has 1 aromatic heterocycles. The molecule has 1 amide bonds. The zero-order valence-electron chi connectivity index (χ0n) is 8.97.